The number of para-hydroxylation sites is 1. The molecule has 0 radical (unpaired) electrons. The smallest absolute Gasteiger partial charge is 0.418 e. The van der Waals surface area contributed by atoms with Crippen LogP contribution in [0.15, 0.2) is 35.1 Å². The van der Waals surface area contributed by atoms with Crippen molar-refractivity contribution >= 4 is 18.2 Å². The monoisotopic (exact) mass is 341 g/mol. The third kappa shape index (κ3) is 2.93. The molecule has 0 N–H and O–H groups in total. The Kier molecular flexibility index (Phi) is 3.66. The van der Waals surface area contributed by atoms with Gasteiger partial charge in [-0.05, 0) is 47.8 Å². The summed E-state index contributed by atoms with van der Waals surface area (Å²) in [4.78, 5) is 0. The maximum absolute atomic E-state index is 9.75. The first-order valence-corrected chi connectivity index (χ1v) is 8.59. The van der Waals surface area contributed by atoms with E-state index in [4.69, 9.17) is 4.52 Å². The lowest BCUT2D eigenvalue weighted by Crippen LogP contribution is -2.64. The van der Waals surface area contributed by atoms with E-state index < -0.39 is 7.25 Å². The van der Waals surface area contributed by atoms with E-state index in [1.807, 2.05) is 6.26 Å². The van der Waals surface area contributed by atoms with Gasteiger partial charge in [0.25, 0.3) is 5.52 Å². The molecule has 0 saturated heterocycles. The molecular weight excluding hydrogens is 321 g/mol. The van der Waals surface area contributed by atoms with Gasteiger partial charge < -0.3 is 17.3 Å². The second kappa shape index (κ2) is 5.50. The average molecular weight is 341 g/mol. The SMILES string of the molecule is F[B-](F)(F)F.c1ccc2c(c1)co[n+]2C12CC3CC(CC(C3)C1)C2. The molecule has 1 aromatic carbocycles. The van der Waals surface area contributed by atoms with Crippen molar-refractivity contribution in [1.82, 2.24) is 0 Å². The maximum atomic E-state index is 9.75. The Hall–Kier alpha value is -1.53. The van der Waals surface area contributed by atoms with Crippen LogP contribution in [-0.2, 0) is 5.54 Å². The molecular formula is C17H20BF4NO. The van der Waals surface area contributed by atoms with E-state index in [-0.39, 0.29) is 0 Å². The molecule has 2 nitrogen and oxygen atoms in total. The highest BCUT2D eigenvalue weighted by Gasteiger charge is 2.59. The largest absolute Gasteiger partial charge is 0.673 e. The molecule has 4 aliphatic carbocycles. The van der Waals surface area contributed by atoms with Crippen molar-refractivity contribution in [3.8, 4) is 0 Å². The molecule has 130 valence electrons. The molecule has 7 heteroatoms. The highest BCUT2D eigenvalue weighted by atomic mass is 19.5. The lowest BCUT2D eigenvalue weighted by Gasteiger charge is -2.51. The van der Waals surface area contributed by atoms with E-state index in [2.05, 4.69) is 29.0 Å². The molecule has 4 bridgehead atoms. The summed E-state index contributed by atoms with van der Waals surface area (Å²) in [5.41, 5.74) is 1.60. The van der Waals surface area contributed by atoms with Crippen molar-refractivity contribution in [3.05, 3.63) is 30.5 Å². The molecule has 0 atom stereocenters. The molecule has 0 aliphatic heterocycles. The van der Waals surface area contributed by atoms with E-state index in [1.54, 1.807) is 0 Å². The van der Waals surface area contributed by atoms with Gasteiger partial charge in [-0.2, -0.15) is 0 Å². The topological polar surface area (TPSA) is 17.0 Å². The number of nitrogens with zero attached hydrogens (tertiary/aromatic N) is 1. The number of rotatable bonds is 1. The van der Waals surface area contributed by atoms with E-state index >= 15 is 0 Å². The first-order chi connectivity index (χ1) is 11.3. The van der Waals surface area contributed by atoms with Crippen LogP contribution in [0.3, 0.4) is 0 Å². The zero-order chi connectivity index (χ0) is 16.9. The van der Waals surface area contributed by atoms with Crippen molar-refractivity contribution in [3.63, 3.8) is 0 Å². The van der Waals surface area contributed by atoms with Crippen molar-refractivity contribution < 1.29 is 26.5 Å². The van der Waals surface area contributed by atoms with Gasteiger partial charge in [0.2, 0.25) is 5.54 Å². The maximum Gasteiger partial charge on any atom is 0.673 e. The highest BCUT2D eigenvalue weighted by molar-refractivity contribution is 6.50. The van der Waals surface area contributed by atoms with Gasteiger partial charge in [-0.25, -0.2) is 4.52 Å². The minimum atomic E-state index is -6.00. The molecule has 0 amide bonds. The zero-order valence-corrected chi connectivity index (χ0v) is 13.3. The van der Waals surface area contributed by atoms with E-state index in [0.717, 1.165) is 17.8 Å². The van der Waals surface area contributed by atoms with Gasteiger partial charge in [0.1, 0.15) is 0 Å². The third-order valence-corrected chi connectivity index (χ3v) is 5.88. The average Bonchev–Trinajstić information content (AvgIpc) is 2.88. The minimum Gasteiger partial charge on any atom is -0.418 e. The van der Waals surface area contributed by atoms with Crippen molar-refractivity contribution in [2.24, 2.45) is 17.8 Å². The first-order valence-electron chi connectivity index (χ1n) is 8.59. The Morgan fingerprint density at radius 1 is 0.917 bits per heavy atom. The Balaban J connectivity index is 0.000000260. The molecule has 4 saturated carbocycles. The minimum absolute atomic E-state index is 0.303. The molecule has 1 heterocycles. The number of benzene rings is 1. The summed E-state index contributed by atoms with van der Waals surface area (Å²) >= 11 is 0. The molecule has 24 heavy (non-hydrogen) atoms. The van der Waals surface area contributed by atoms with Crippen LogP contribution in [0.5, 0.6) is 0 Å². The van der Waals surface area contributed by atoms with Gasteiger partial charge in [-0.15, -0.1) is 0 Å². The van der Waals surface area contributed by atoms with E-state index in [0.29, 0.717) is 5.54 Å². The van der Waals surface area contributed by atoms with Crippen LogP contribution in [0.1, 0.15) is 38.5 Å². The van der Waals surface area contributed by atoms with Crippen LogP contribution >= 0.6 is 0 Å². The molecule has 2 aromatic rings. The van der Waals surface area contributed by atoms with Crippen LogP contribution < -0.4 is 4.74 Å². The zero-order valence-electron chi connectivity index (χ0n) is 13.3. The summed E-state index contributed by atoms with van der Waals surface area (Å²) in [6, 6.07) is 8.62. The Labute approximate surface area is 137 Å². The summed E-state index contributed by atoms with van der Waals surface area (Å²) in [6.07, 6.45) is 10.4. The van der Waals surface area contributed by atoms with Gasteiger partial charge in [0.15, 0.2) is 6.26 Å². The van der Waals surface area contributed by atoms with Crippen LogP contribution in [0, 0.1) is 17.8 Å². The molecule has 4 aliphatic rings. The molecule has 0 unspecified atom stereocenters. The summed E-state index contributed by atoms with van der Waals surface area (Å²) in [7, 11) is -6.00. The molecule has 1 aromatic heterocycles. The number of aromatic nitrogens is 1. The summed E-state index contributed by atoms with van der Waals surface area (Å²) in [5, 5.41) is 1.25. The van der Waals surface area contributed by atoms with Crippen molar-refractivity contribution in [2.45, 2.75) is 44.1 Å². The standard InChI is InChI=1S/C17H20NO.BF4/c1-2-4-16-15(3-1)11-19-18(16)17-8-12-5-13(9-17)7-14(6-12)10-17;2-1(3,4)5/h1-4,11-14H,5-10H2;/q+1;-1. The van der Waals surface area contributed by atoms with Gasteiger partial charge in [-0.3, -0.25) is 0 Å². The van der Waals surface area contributed by atoms with Gasteiger partial charge in [0, 0.05) is 25.3 Å². The molecule has 6 rings (SSSR count). The predicted octanol–water partition coefficient (Wildman–Crippen LogP) is 4.95. The highest BCUT2D eigenvalue weighted by Crippen LogP contribution is 2.57. The first kappa shape index (κ1) is 16.0. The number of fused-ring (bicyclic) bond motifs is 1. The van der Waals surface area contributed by atoms with E-state index in [9.17, 15) is 17.3 Å². The van der Waals surface area contributed by atoms with Gasteiger partial charge in [-0.1, -0.05) is 12.1 Å². The Morgan fingerprint density at radius 2 is 1.42 bits per heavy atom. The van der Waals surface area contributed by atoms with Crippen LogP contribution in [0.4, 0.5) is 17.3 Å². The summed E-state index contributed by atoms with van der Waals surface area (Å²) in [5.74, 6) is 2.88. The lowest BCUT2D eigenvalue weighted by molar-refractivity contribution is -0.902. The van der Waals surface area contributed by atoms with Crippen LogP contribution in [-0.4, -0.2) is 7.25 Å². The predicted molar refractivity (Wildman–Crippen MR) is 82.7 cm³/mol. The Morgan fingerprint density at radius 3 is 1.96 bits per heavy atom. The number of hydrogen-bond donors (Lipinski definition) is 0. The second-order valence-electron chi connectivity index (χ2n) is 7.71. The lowest BCUT2D eigenvalue weighted by atomic mass is 9.53. The van der Waals surface area contributed by atoms with Gasteiger partial charge >= 0.3 is 7.25 Å². The third-order valence-electron chi connectivity index (χ3n) is 5.88. The second-order valence-corrected chi connectivity index (χ2v) is 7.71. The number of halogens is 4. The summed E-state index contributed by atoms with van der Waals surface area (Å²) in [6.45, 7) is 0. The normalized spacial score (nSPS) is 34.2. The fourth-order valence-electron chi connectivity index (χ4n) is 5.62. The quantitative estimate of drug-likeness (QED) is 0.408. The fraction of sp³-hybridized carbons (Fsp3) is 0.588. The molecule has 0 spiro atoms. The number of hydrogen-bond acceptors (Lipinski definition) is 1. The fourth-order valence-corrected chi connectivity index (χ4v) is 5.62. The van der Waals surface area contributed by atoms with Crippen LogP contribution in [0.25, 0.3) is 10.9 Å². The van der Waals surface area contributed by atoms with Gasteiger partial charge in [0.05, 0.1) is 5.39 Å². The van der Waals surface area contributed by atoms with E-state index in [1.165, 1.54) is 49.4 Å². The van der Waals surface area contributed by atoms with Crippen molar-refractivity contribution in [1.29, 1.82) is 0 Å². The summed E-state index contributed by atoms with van der Waals surface area (Å²) < 4.78 is 47.3. The Bertz CT molecular complexity index is 700. The van der Waals surface area contributed by atoms with Crippen LogP contribution in [0.2, 0.25) is 0 Å². The van der Waals surface area contributed by atoms with Crippen molar-refractivity contribution in [2.75, 3.05) is 0 Å². The molecule has 4 fully saturated rings.